The standard InChI is InChI=1S/C30H29FN4O2/c1-4-35-28-24(30(36)34(3)25-10-12-27(31)33-29(25)35)16-19(17-32-28)13-14-37-26-11-9-21(23-15-18(23)2)20-7-5-6-8-22(20)26/h5-12,16-18,23H,4,13-15H2,1-3H3. The minimum atomic E-state index is -0.595. The van der Waals surface area contributed by atoms with Gasteiger partial charge in [-0.1, -0.05) is 37.3 Å². The molecular weight excluding hydrogens is 467 g/mol. The number of hydrogen-bond donors (Lipinski definition) is 0. The summed E-state index contributed by atoms with van der Waals surface area (Å²) in [7, 11) is 1.68. The van der Waals surface area contributed by atoms with E-state index in [1.807, 2.05) is 19.1 Å². The molecule has 2 aliphatic rings. The Kier molecular flexibility index (Phi) is 5.78. The van der Waals surface area contributed by atoms with Gasteiger partial charge in [-0.25, -0.2) is 4.98 Å². The lowest BCUT2D eigenvalue weighted by Crippen LogP contribution is -2.25. The van der Waals surface area contributed by atoms with Gasteiger partial charge in [0.2, 0.25) is 5.95 Å². The molecule has 1 amide bonds. The number of carbonyl (C=O) groups excluding carboxylic acids is 1. The van der Waals surface area contributed by atoms with Crippen LogP contribution in [0.25, 0.3) is 10.8 Å². The van der Waals surface area contributed by atoms with Crippen LogP contribution >= 0.6 is 0 Å². The summed E-state index contributed by atoms with van der Waals surface area (Å²) in [5, 5.41) is 2.39. The number of rotatable bonds is 6. The first-order valence-electron chi connectivity index (χ1n) is 12.8. The maximum absolute atomic E-state index is 14.0. The summed E-state index contributed by atoms with van der Waals surface area (Å²) < 4.78 is 20.2. The number of pyridine rings is 2. The Hall–Kier alpha value is -4.00. The first kappa shape index (κ1) is 23.4. The van der Waals surface area contributed by atoms with Crippen LogP contribution in [0.15, 0.2) is 60.8 Å². The van der Waals surface area contributed by atoms with E-state index in [1.54, 1.807) is 24.2 Å². The van der Waals surface area contributed by atoms with Crippen molar-refractivity contribution in [3.63, 3.8) is 0 Å². The van der Waals surface area contributed by atoms with Gasteiger partial charge < -0.3 is 14.5 Å². The highest BCUT2D eigenvalue weighted by Gasteiger charge is 2.35. The minimum absolute atomic E-state index is 0.202. The highest BCUT2D eigenvalue weighted by molar-refractivity contribution is 6.12. The average molecular weight is 497 g/mol. The van der Waals surface area contributed by atoms with Crippen molar-refractivity contribution in [2.24, 2.45) is 5.92 Å². The molecule has 2 unspecified atom stereocenters. The van der Waals surface area contributed by atoms with Gasteiger partial charge in [-0.15, -0.1) is 0 Å². The molecule has 1 fully saturated rings. The molecule has 0 bridgehead atoms. The van der Waals surface area contributed by atoms with E-state index in [4.69, 9.17) is 4.74 Å². The summed E-state index contributed by atoms with van der Waals surface area (Å²) in [5.41, 5.74) is 3.32. The molecule has 2 atom stereocenters. The lowest BCUT2D eigenvalue weighted by atomic mass is 9.99. The number of halogens is 1. The molecule has 1 aliphatic carbocycles. The van der Waals surface area contributed by atoms with Gasteiger partial charge in [0, 0.05) is 31.6 Å². The zero-order valence-corrected chi connectivity index (χ0v) is 21.2. The maximum atomic E-state index is 14.0. The molecule has 7 heteroatoms. The molecule has 0 saturated heterocycles. The van der Waals surface area contributed by atoms with Gasteiger partial charge in [0.15, 0.2) is 5.82 Å². The number of hydrogen-bond acceptors (Lipinski definition) is 5. The fourth-order valence-electron chi connectivity index (χ4n) is 5.36. The lowest BCUT2D eigenvalue weighted by Gasteiger charge is -2.22. The van der Waals surface area contributed by atoms with Gasteiger partial charge in [-0.3, -0.25) is 4.79 Å². The quantitative estimate of drug-likeness (QED) is 0.295. The summed E-state index contributed by atoms with van der Waals surface area (Å²) in [4.78, 5) is 25.3. The van der Waals surface area contributed by atoms with Crippen molar-refractivity contribution in [3.05, 3.63) is 83.4 Å². The fourth-order valence-corrected chi connectivity index (χ4v) is 5.36. The summed E-state index contributed by atoms with van der Waals surface area (Å²) in [6, 6.07) is 17.4. The zero-order valence-electron chi connectivity index (χ0n) is 21.2. The molecule has 6 nitrogen and oxygen atoms in total. The molecule has 2 aromatic heterocycles. The number of amides is 1. The second kappa shape index (κ2) is 9.14. The van der Waals surface area contributed by atoms with Crippen LogP contribution < -0.4 is 14.5 Å². The van der Waals surface area contributed by atoms with Gasteiger partial charge in [0.25, 0.3) is 5.91 Å². The number of nitrogens with zero attached hydrogens (tertiary/aromatic N) is 4. The minimum Gasteiger partial charge on any atom is -0.493 e. The van der Waals surface area contributed by atoms with Crippen LogP contribution in [0.1, 0.15) is 47.7 Å². The molecular formula is C30H29FN4O2. The number of carbonyl (C=O) groups is 1. The normalized spacial score (nSPS) is 18.4. The van der Waals surface area contributed by atoms with Crippen molar-refractivity contribution in [2.45, 2.75) is 32.6 Å². The largest absolute Gasteiger partial charge is 0.493 e. The monoisotopic (exact) mass is 496 g/mol. The Morgan fingerprint density at radius 3 is 2.62 bits per heavy atom. The van der Waals surface area contributed by atoms with Gasteiger partial charge in [-0.05, 0) is 66.0 Å². The van der Waals surface area contributed by atoms with Crippen molar-refractivity contribution in [3.8, 4) is 5.75 Å². The van der Waals surface area contributed by atoms with Crippen LogP contribution in [0.3, 0.4) is 0 Å². The first-order valence-corrected chi connectivity index (χ1v) is 12.8. The number of ether oxygens (including phenoxy) is 1. The molecule has 2 aromatic carbocycles. The fraction of sp³-hybridized carbons (Fsp3) is 0.300. The second-order valence-corrected chi connectivity index (χ2v) is 9.92. The Morgan fingerprint density at radius 1 is 1.08 bits per heavy atom. The third kappa shape index (κ3) is 4.08. The van der Waals surface area contributed by atoms with E-state index in [-0.39, 0.29) is 5.91 Å². The number of fused-ring (bicyclic) bond motifs is 3. The summed E-state index contributed by atoms with van der Waals surface area (Å²) in [6.45, 7) is 5.18. The van der Waals surface area contributed by atoms with Crippen molar-refractivity contribution in [1.82, 2.24) is 9.97 Å². The van der Waals surface area contributed by atoms with Gasteiger partial charge in [-0.2, -0.15) is 9.37 Å². The summed E-state index contributed by atoms with van der Waals surface area (Å²) in [6.07, 6.45) is 3.60. The summed E-state index contributed by atoms with van der Waals surface area (Å²) in [5.74, 6) is 2.32. The molecule has 0 N–H and O–H groups in total. The van der Waals surface area contributed by atoms with E-state index < -0.39 is 5.95 Å². The molecule has 0 radical (unpaired) electrons. The smallest absolute Gasteiger partial charge is 0.261 e. The van der Waals surface area contributed by atoms with Crippen molar-refractivity contribution in [1.29, 1.82) is 0 Å². The third-order valence-corrected chi connectivity index (χ3v) is 7.54. The molecule has 0 spiro atoms. The van der Waals surface area contributed by atoms with Crippen LogP contribution in [0.4, 0.5) is 21.7 Å². The van der Waals surface area contributed by atoms with Crippen LogP contribution in [-0.2, 0) is 6.42 Å². The van der Waals surface area contributed by atoms with E-state index in [2.05, 4.69) is 47.2 Å². The Morgan fingerprint density at radius 2 is 1.86 bits per heavy atom. The van der Waals surface area contributed by atoms with Crippen molar-refractivity contribution in [2.75, 3.05) is 30.0 Å². The zero-order chi connectivity index (χ0) is 25.7. The third-order valence-electron chi connectivity index (χ3n) is 7.54. The van der Waals surface area contributed by atoms with Gasteiger partial charge >= 0.3 is 0 Å². The molecule has 4 aromatic rings. The van der Waals surface area contributed by atoms with E-state index >= 15 is 0 Å². The molecule has 6 rings (SSSR count). The van der Waals surface area contributed by atoms with Crippen LogP contribution in [0.2, 0.25) is 0 Å². The van der Waals surface area contributed by atoms with Gasteiger partial charge in [0.05, 0.1) is 17.9 Å². The highest BCUT2D eigenvalue weighted by Crippen LogP contribution is 2.50. The Bertz CT molecular complexity index is 1520. The topological polar surface area (TPSA) is 58.6 Å². The summed E-state index contributed by atoms with van der Waals surface area (Å²) >= 11 is 0. The van der Waals surface area contributed by atoms with Crippen molar-refractivity contribution < 1.29 is 13.9 Å². The molecule has 1 saturated carbocycles. The second-order valence-electron chi connectivity index (χ2n) is 9.92. The first-order chi connectivity index (χ1) is 18.0. The molecule has 188 valence electrons. The van der Waals surface area contributed by atoms with Gasteiger partial charge in [0.1, 0.15) is 11.6 Å². The predicted molar refractivity (Wildman–Crippen MR) is 144 cm³/mol. The predicted octanol–water partition coefficient (Wildman–Crippen LogP) is 6.26. The molecule has 37 heavy (non-hydrogen) atoms. The average Bonchev–Trinajstić information content (AvgIpc) is 3.65. The van der Waals surface area contributed by atoms with Crippen LogP contribution in [-0.4, -0.2) is 36.1 Å². The highest BCUT2D eigenvalue weighted by atomic mass is 19.1. The SMILES string of the molecule is CCN1c2ncc(CCOc3ccc(C4CC4C)c4ccccc34)cc2C(=O)N(C)c2ccc(F)nc21. The number of anilines is 3. The van der Waals surface area contributed by atoms with E-state index in [0.29, 0.717) is 48.4 Å². The van der Waals surface area contributed by atoms with Crippen molar-refractivity contribution >= 4 is 34.0 Å². The molecule has 1 aliphatic heterocycles. The molecule has 3 heterocycles. The van der Waals surface area contributed by atoms with Crippen LogP contribution in [0.5, 0.6) is 5.75 Å². The number of aromatic nitrogens is 2. The number of benzene rings is 2. The van der Waals surface area contributed by atoms with E-state index in [9.17, 15) is 9.18 Å². The van der Waals surface area contributed by atoms with Crippen LogP contribution in [0, 0.1) is 11.9 Å². The maximum Gasteiger partial charge on any atom is 0.261 e. The van der Waals surface area contributed by atoms with E-state index in [1.165, 1.54) is 28.3 Å². The Balaban J connectivity index is 1.25. The lowest BCUT2D eigenvalue weighted by molar-refractivity contribution is 0.0994. The van der Waals surface area contributed by atoms with E-state index in [0.717, 1.165) is 22.6 Å². The Labute approximate surface area is 215 Å².